The highest BCUT2D eigenvalue weighted by molar-refractivity contribution is 5.91. The van der Waals surface area contributed by atoms with Crippen LogP contribution in [0, 0.1) is 23.0 Å². The minimum absolute atomic E-state index is 0.0123. The minimum Gasteiger partial charge on any atom is -0.362 e. The zero-order chi connectivity index (χ0) is 24.9. The second-order valence-corrected chi connectivity index (χ2v) is 9.19. The van der Waals surface area contributed by atoms with Gasteiger partial charge in [-0.25, -0.2) is 9.78 Å². The van der Waals surface area contributed by atoms with E-state index in [0.717, 1.165) is 42.4 Å². The summed E-state index contributed by atoms with van der Waals surface area (Å²) >= 11 is 0. The molecule has 4 rings (SSSR count). The van der Waals surface area contributed by atoms with Crippen molar-refractivity contribution in [1.29, 1.82) is 0 Å². The lowest BCUT2D eigenvalue weighted by Gasteiger charge is -2.29. The summed E-state index contributed by atoms with van der Waals surface area (Å²) in [7, 11) is 3.96. The van der Waals surface area contributed by atoms with Crippen LogP contribution in [0.4, 0.5) is 27.9 Å². The number of aromatic nitrogens is 2. The van der Waals surface area contributed by atoms with Crippen molar-refractivity contribution >= 4 is 40.1 Å². The monoisotopic (exact) mass is 477 g/mol. The molecule has 0 atom stereocenters. The summed E-state index contributed by atoms with van der Waals surface area (Å²) in [4.78, 5) is 34.4. The van der Waals surface area contributed by atoms with Crippen molar-refractivity contribution in [2.24, 2.45) is 5.92 Å². The molecule has 35 heavy (non-hydrogen) atoms. The van der Waals surface area contributed by atoms with Crippen LogP contribution < -0.4 is 20.9 Å². The van der Waals surface area contributed by atoms with Gasteiger partial charge in [0.2, 0.25) is 5.95 Å². The first-order valence-electron chi connectivity index (χ1n) is 11.8. The molecule has 1 aromatic heterocycles. The number of rotatable bonds is 7. The minimum atomic E-state index is -0.449. The van der Waals surface area contributed by atoms with Crippen LogP contribution in [0.1, 0.15) is 31.2 Å². The lowest BCUT2D eigenvalue weighted by molar-refractivity contribution is -0.385. The number of nitrogens with one attached hydrogen (secondary N) is 3. The summed E-state index contributed by atoms with van der Waals surface area (Å²) < 4.78 is 0. The van der Waals surface area contributed by atoms with E-state index in [9.17, 15) is 14.9 Å². The molecule has 2 aromatic carbocycles. The molecular weight excluding hydrogens is 446 g/mol. The fraction of sp³-hybridized carbons (Fsp3) is 0.400. The number of nitro benzene ring substituents is 1. The summed E-state index contributed by atoms with van der Waals surface area (Å²) in [5.41, 5.74) is 1.78. The molecule has 3 N–H and O–H groups in total. The van der Waals surface area contributed by atoms with E-state index in [1.807, 2.05) is 43.3 Å². The number of carbonyl (C=O) groups is 1. The second kappa shape index (κ2) is 10.5. The predicted molar refractivity (Wildman–Crippen MR) is 138 cm³/mol. The summed E-state index contributed by atoms with van der Waals surface area (Å²) in [6.45, 7) is 2.19. The molecule has 1 aliphatic carbocycles. The van der Waals surface area contributed by atoms with Crippen LogP contribution in [0.3, 0.4) is 0 Å². The molecule has 0 bridgehead atoms. The average Bonchev–Trinajstić information content (AvgIpc) is 2.84. The molecule has 0 unspecified atom stereocenters. The molecule has 1 saturated carbocycles. The number of carbonyl (C=O) groups excluding carboxylic acids is 1. The second-order valence-electron chi connectivity index (χ2n) is 9.19. The standard InChI is InChI=1S/C25H31N7O3/c1-16-20(9-6-10-22(16)32(34)35)29-25(33)26-15-17-11-13-18(14-12-17)27-24-28-21-8-5-4-7-19(21)23(30-24)31(2)3/h4-10,17-18H,11-15H2,1-3H3,(H2,26,29,33)(H,27,28,30)/t17-,18+. The quantitative estimate of drug-likeness (QED) is 0.332. The van der Waals surface area contributed by atoms with E-state index in [1.165, 1.54) is 6.07 Å². The first-order valence-corrected chi connectivity index (χ1v) is 11.8. The Bertz CT molecular complexity index is 1220. The smallest absolute Gasteiger partial charge is 0.319 e. The molecular formula is C25H31N7O3. The largest absolute Gasteiger partial charge is 0.362 e. The highest BCUT2D eigenvalue weighted by Gasteiger charge is 2.23. The SMILES string of the molecule is Cc1c(NC(=O)NC[C@H]2CC[C@@H](Nc3nc(N(C)C)c4ccccc4n3)CC2)cccc1[N+](=O)[O-]. The van der Waals surface area contributed by atoms with Crippen molar-refractivity contribution in [2.45, 2.75) is 38.6 Å². The topological polar surface area (TPSA) is 125 Å². The molecule has 0 spiro atoms. The molecule has 1 heterocycles. The van der Waals surface area contributed by atoms with Crippen molar-refractivity contribution in [3.63, 3.8) is 0 Å². The lowest BCUT2D eigenvalue weighted by Crippen LogP contribution is -2.36. The van der Waals surface area contributed by atoms with Crippen molar-refractivity contribution in [2.75, 3.05) is 36.2 Å². The highest BCUT2D eigenvalue weighted by atomic mass is 16.6. The van der Waals surface area contributed by atoms with Gasteiger partial charge in [-0.15, -0.1) is 0 Å². The zero-order valence-electron chi connectivity index (χ0n) is 20.2. The molecule has 10 heteroatoms. The van der Waals surface area contributed by atoms with E-state index in [4.69, 9.17) is 9.97 Å². The van der Waals surface area contributed by atoms with Gasteiger partial charge in [0.05, 0.1) is 21.7 Å². The maximum absolute atomic E-state index is 12.4. The fourth-order valence-electron chi connectivity index (χ4n) is 4.52. The predicted octanol–water partition coefficient (Wildman–Crippen LogP) is 4.70. The number of urea groups is 1. The Hall–Kier alpha value is -3.95. The van der Waals surface area contributed by atoms with E-state index in [-0.39, 0.29) is 17.8 Å². The number of nitro groups is 1. The molecule has 0 aliphatic heterocycles. The molecule has 10 nitrogen and oxygen atoms in total. The van der Waals surface area contributed by atoms with E-state index < -0.39 is 4.92 Å². The van der Waals surface area contributed by atoms with Crippen molar-refractivity contribution in [3.8, 4) is 0 Å². The molecule has 3 aromatic rings. The van der Waals surface area contributed by atoms with E-state index in [0.29, 0.717) is 29.7 Å². The Morgan fingerprint density at radius 3 is 2.54 bits per heavy atom. The van der Waals surface area contributed by atoms with Gasteiger partial charge in [-0.1, -0.05) is 18.2 Å². The molecule has 1 fully saturated rings. The van der Waals surface area contributed by atoms with Gasteiger partial charge in [0.15, 0.2) is 0 Å². The number of fused-ring (bicyclic) bond motifs is 1. The number of anilines is 3. The Kier molecular flexibility index (Phi) is 7.28. The molecule has 0 radical (unpaired) electrons. The average molecular weight is 478 g/mol. The van der Waals surface area contributed by atoms with Gasteiger partial charge in [0, 0.05) is 38.1 Å². The summed E-state index contributed by atoms with van der Waals surface area (Å²) in [5.74, 6) is 1.90. The van der Waals surface area contributed by atoms with E-state index >= 15 is 0 Å². The maximum Gasteiger partial charge on any atom is 0.319 e. The Morgan fingerprint density at radius 2 is 1.83 bits per heavy atom. The maximum atomic E-state index is 12.4. The van der Waals surface area contributed by atoms with Crippen LogP contribution in [0.25, 0.3) is 10.9 Å². The molecule has 0 saturated heterocycles. The summed E-state index contributed by atoms with van der Waals surface area (Å²) in [5, 5.41) is 21.3. The van der Waals surface area contributed by atoms with Crippen LogP contribution in [0.15, 0.2) is 42.5 Å². The summed E-state index contributed by atoms with van der Waals surface area (Å²) in [6.07, 6.45) is 3.88. The van der Waals surface area contributed by atoms with E-state index in [1.54, 1.807) is 19.1 Å². The van der Waals surface area contributed by atoms with Crippen LogP contribution in [0.2, 0.25) is 0 Å². The van der Waals surface area contributed by atoms with Gasteiger partial charge in [-0.2, -0.15) is 4.98 Å². The Balaban J connectivity index is 1.28. The van der Waals surface area contributed by atoms with E-state index in [2.05, 4.69) is 16.0 Å². The number of para-hydroxylation sites is 1. The number of hydrogen-bond donors (Lipinski definition) is 3. The number of benzene rings is 2. The van der Waals surface area contributed by atoms with Crippen molar-refractivity contribution in [3.05, 3.63) is 58.1 Å². The van der Waals surface area contributed by atoms with Gasteiger partial charge < -0.3 is 20.9 Å². The van der Waals surface area contributed by atoms with Crippen molar-refractivity contribution in [1.82, 2.24) is 15.3 Å². The molecule has 1 aliphatic rings. The van der Waals surface area contributed by atoms with Crippen molar-refractivity contribution < 1.29 is 9.72 Å². The number of nitrogens with zero attached hydrogens (tertiary/aromatic N) is 4. The molecule has 2 amide bonds. The van der Waals surface area contributed by atoms with Gasteiger partial charge in [-0.3, -0.25) is 10.1 Å². The van der Waals surface area contributed by atoms with Crippen LogP contribution in [0.5, 0.6) is 0 Å². The normalized spacial score (nSPS) is 17.6. The third kappa shape index (κ3) is 5.76. The van der Waals surface area contributed by atoms with Crippen LogP contribution in [-0.4, -0.2) is 47.6 Å². The Morgan fingerprint density at radius 1 is 1.09 bits per heavy atom. The summed E-state index contributed by atoms with van der Waals surface area (Å²) in [6, 6.07) is 12.6. The first kappa shape index (κ1) is 24.2. The van der Waals surface area contributed by atoms with Gasteiger partial charge in [-0.05, 0) is 56.7 Å². The fourth-order valence-corrected chi connectivity index (χ4v) is 4.52. The number of amides is 2. The third-order valence-corrected chi connectivity index (χ3v) is 6.49. The number of hydrogen-bond acceptors (Lipinski definition) is 7. The van der Waals surface area contributed by atoms with Gasteiger partial charge in [0.1, 0.15) is 5.82 Å². The lowest BCUT2D eigenvalue weighted by atomic mass is 9.86. The van der Waals surface area contributed by atoms with Gasteiger partial charge in [0.25, 0.3) is 5.69 Å². The first-order chi connectivity index (χ1) is 16.8. The van der Waals surface area contributed by atoms with Gasteiger partial charge >= 0.3 is 6.03 Å². The Labute approximate surface area is 204 Å². The van der Waals surface area contributed by atoms with Crippen LogP contribution in [-0.2, 0) is 0 Å². The third-order valence-electron chi connectivity index (χ3n) is 6.49. The van der Waals surface area contributed by atoms with Crippen LogP contribution >= 0.6 is 0 Å². The molecule has 184 valence electrons. The highest BCUT2D eigenvalue weighted by Crippen LogP contribution is 2.28. The zero-order valence-corrected chi connectivity index (χ0v) is 20.2.